The van der Waals surface area contributed by atoms with Gasteiger partial charge in [-0.15, -0.1) is 0 Å². The Labute approximate surface area is 145 Å². The summed E-state index contributed by atoms with van der Waals surface area (Å²) in [5.41, 5.74) is 0.594. The molecule has 1 fully saturated rings. The van der Waals surface area contributed by atoms with E-state index in [0.29, 0.717) is 29.7 Å². The van der Waals surface area contributed by atoms with Gasteiger partial charge in [-0.1, -0.05) is 24.2 Å². The zero-order valence-corrected chi connectivity index (χ0v) is 14.2. The largest absolute Gasteiger partial charge is 0.464 e. The molecule has 0 saturated heterocycles. The van der Waals surface area contributed by atoms with Crippen molar-refractivity contribution < 1.29 is 13.3 Å². The molecule has 1 aliphatic carbocycles. The normalized spacial score (nSPS) is 20.6. The predicted molar refractivity (Wildman–Crippen MR) is 90.2 cm³/mol. The second kappa shape index (κ2) is 6.44. The lowest BCUT2D eigenvalue weighted by Crippen LogP contribution is -2.18. The molecule has 3 atom stereocenters. The van der Waals surface area contributed by atoms with Crippen LogP contribution in [-0.4, -0.2) is 10.1 Å². The van der Waals surface area contributed by atoms with Crippen molar-refractivity contribution in [1.82, 2.24) is 15.5 Å². The van der Waals surface area contributed by atoms with Gasteiger partial charge in [0.2, 0.25) is 11.7 Å². The molecule has 25 heavy (non-hydrogen) atoms. The number of nitrogens with one attached hydrogen (secondary N) is 1. The molecule has 3 unspecified atom stereocenters. The lowest BCUT2D eigenvalue weighted by Gasteiger charge is -2.07. The summed E-state index contributed by atoms with van der Waals surface area (Å²) in [4.78, 5) is 4.35. The molecule has 2 heterocycles. The maximum Gasteiger partial charge on any atom is 0.243 e. The smallest absolute Gasteiger partial charge is 0.243 e. The van der Waals surface area contributed by atoms with E-state index in [0.717, 1.165) is 17.4 Å². The summed E-state index contributed by atoms with van der Waals surface area (Å²) in [6, 6.07) is 10.1. The van der Waals surface area contributed by atoms with Gasteiger partial charge in [0, 0.05) is 11.5 Å². The number of rotatable bonds is 6. The molecular formula is C19H20FN3O2. The predicted octanol–water partition coefficient (Wildman–Crippen LogP) is 4.44. The molecule has 1 aromatic carbocycles. The number of hydrogen-bond acceptors (Lipinski definition) is 5. The Morgan fingerprint density at radius 1 is 1.32 bits per heavy atom. The highest BCUT2D eigenvalue weighted by atomic mass is 19.1. The highest BCUT2D eigenvalue weighted by Gasteiger charge is 2.36. The molecule has 130 valence electrons. The van der Waals surface area contributed by atoms with Crippen molar-refractivity contribution in [3.8, 4) is 11.4 Å². The van der Waals surface area contributed by atoms with Crippen LogP contribution in [0.1, 0.15) is 49.6 Å². The van der Waals surface area contributed by atoms with Crippen LogP contribution in [0.25, 0.3) is 11.4 Å². The topological polar surface area (TPSA) is 64.1 Å². The zero-order chi connectivity index (χ0) is 17.4. The molecule has 1 saturated carbocycles. The van der Waals surface area contributed by atoms with Crippen molar-refractivity contribution in [3.63, 3.8) is 0 Å². The van der Waals surface area contributed by atoms with E-state index >= 15 is 0 Å². The van der Waals surface area contributed by atoms with Crippen LogP contribution in [0.5, 0.6) is 0 Å². The molecule has 5 nitrogen and oxygen atoms in total. The Bertz CT molecular complexity index is 873. The molecule has 0 bridgehead atoms. The van der Waals surface area contributed by atoms with Gasteiger partial charge in [-0.3, -0.25) is 5.32 Å². The summed E-state index contributed by atoms with van der Waals surface area (Å²) in [6.07, 6.45) is 1.21. The van der Waals surface area contributed by atoms with Crippen LogP contribution < -0.4 is 5.32 Å². The number of benzene rings is 1. The standard InChI is InChI=1S/C19H20FN3O2/c1-11-8-16(11)17-7-6-15(24-17)10-21-12(2)19-22-18(23-25-19)13-4-3-5-14(20)9-13/h3-7,9,11-12,16,21H,8,10H2,1-2H3. The summed E-state index contributed by atoms with van der Waals surface area (Å²) < 4.78 is 24.5. The third-order valence-corrected chi connectivity index (χ3v) is 4.63. The van der Waals surface area contributed by atoms with Gasteiger partial charge in [-0.05, 0) is 43.5 Å². The second-order valence-corrected chi connectivity index (χ2v) is 6.69. The van der Waals surface area contributed by atoms with Gasteiger partial charge in [-0.2, -0.15) is 4.98 Å². The van der Waals surface area contributed by atoms with Crippen LogP contribution in [-0.2, 0) is 6.54 Å². The number of hydrogen-bond donors (Lipinski definition) is 1. The third kappa shape index (κ3) is 3.49. The number of halogens is 1. The first-order valence-electron chi connectivity index (χ1n) is 8.51. The van der Waals surface area contributed by atoms with Crippen molar-refractivity contribution in [2.45, 2.75) is 38.8 Å². The zero-order valence-electron chi connectivity index (χ0n) is 14.2. The number of nitrogens with zero attached hydrogens (tertiary/aromatic N) is 2. The van der Waals surface area contributed by atoms with E-state index in [1.165, 1.54) is 18.6 Å². The SMILES string of the molecule is CC(NCc1ccc(C2CC2C)o1)c1nc(-c2cccc(F)c2)no1. The fourth-order valence-corrected chi connectivity index (χ4v) is 2.90. The minimum absolute atomic E-state index is 0.136. The van der Waals surface area contributed by atoms with Crippen LogP contribution >= 0.6 is 0 Å². The minimum Gasteiger partial charge on any atom is -0.464 e. The highest BCUT2D eigenvalue weighted by Crippen LogP contribution is 2.47. The van der Waals surface area contributed by atoms with Gasteiger partial charge in [0.1, 0.15) is 17.3 Å². The maximum atomic E-state index is 13.3. The fourth-order valence-electron chi connectivity index (χ4n) is 2.90. The lowest BCUT2D eigenvalue weighted by atomic mass is 10.2. The average molecular weight is 341 g/mol. The van der Waals surface area contributed by atoms with Crippen molar-refractivity contribution in [1.29, 1.82) is 0 Å². The summed E-state index contributed by atoms with van der Waals surface area (Å²) >= 11 is 0. The molecule has 0 aliphatic heterocycles. The second-order valence-electron chi connectivity index (χ2n) is 6.69. The van der Waals surface area contributed by atoms with E-state index in [9.17, 15) is 4.39 Å². The molecule has 4 rings (SSSR count). The van der Waals surface area contributed by atoms with E-state index in [2.05, 4.69) is 28.4 Å². The van der Waals surface area contributed by atoms with Gasteiger partial charge >= 0.3 is 0 Å². The fraction of sp³-hybridized carbons (Fsp3) is 0.368. The molecule has 0 radical (unpaired) electrons. The van der Waals surface area contributed by atoms with E-state index < -0.39 is 0 Å². The van der Waals surface area contributed by atoms with Crippen molar-refractivity contribution in [2.24, 2.45) is 5.92 Å². The molecule has 2 aromatic heterocycles. The molecule has 1 aliphatic rings. The van der Waals surface area contributed by atoms with Gasteiger partial charge in [0.15, 0.2) is 0 Å². The lowest BCUT2D eigenvalue weighted by molar-refractivity contribution is 0.332. The third-order valence-electron chi connectivity index (χ3n) is 4.63. The van der Waals surface area contributed by atoms with Gasteiger partial charge < -0.3 is 8.94 Å². The average Bonchev–Trinajstić information content (AvgIpc) is 3.05. The Kier molecular flexibility index (Phi) is 4.13. The van der Waals surface area contributed by atoms with Gasteiger partial charge in [0.25, 0.3) is 0 Å². The van der Waals surface area contributed by atoms with Crippen molar-refractivity contribution in [3.05, 3.63) is 59.6 Å². The quantitative estimate of drug-likeness (QED) is 0.718. The summed E-state index contributed by atoms with van der Waals surface area (Å²) in [6.45, 7) is 4.76. The van der Waals surface area contributed by atoms with Crippen molar-refractivity contribution in [2.75, 3.05) is 0 Å². The van der Waals surface area contributed by atoms with E-state index in [1.54, 1.807) is 12.1 Å². The summed E-state index contributed by atoms with van der Waals surface area (Å²) in [5.74, 6) is 3.79. The highest BCUT2D eigenvalue weighted by molar-refractivity contribution is 5.53. The van der Waals surface area contributed by atoms with E-state index in [-0.39, 0.29) is 11.9 Å². The first-order chi connectivity index (χ1) is 12.1. The van der Waals surface area contributed by atoms with Crippen LogP contribution in [0.2, 0.25) is 0 Å². The Morgan fingerprint density at radius 3 is 2.92 bits per heavy atom. The molecule has 6 heteroatoms. The van der Waals surface area contributed by atoms with Crippen LogP contribution in [0, 0.1) is 11.7 Å². The number of aromatic nitrogens is 2. The molecule has 0 spiro atoms. The van der Waals surface area contributed by atoms with Gasteiger partial charge in [-0.25, -0.2) is 4.39 Å². The molecule has 0 amide bonds. The first kappa shape index (κ1) is 16.0. The van der Waals surface area contributed by atoms with Crippen molar-refractivity contribution >= 4 is 0 Å². The molecule has 1 N–H and O–H groups in total. The Balaban J connectivity index is 1.38. The monoisotopic (exact) mass is 341 g/mol. The van der Waals surface area contributed by atoms with E-state index in [1.807, 2.05) is 13.0 Å². The molecular weight excluding hydrogens is 321 g/mol. The Morgan fingerprint density at radius 2 is 2.16 bits per heavy atom. The van der Waals surface area contributed by atoms with Crippen LogP contribution in [0.4, 0.5) is 4.39 Å². The van der Waals surface area contributed by atoms with Gasteiger partial charge in [0.05, 0.1) is 12.6 Å². The minimum atomic E-state index is -0.325. The first-order valence-corrected chi connectivity index (χ1v) is 8.51. The Hall–Kier alpha value is -2.47. The van der Waals surface area contributed by atoms with Crippen LogP contribution in [0.15, 0.2) is 45.3 Å². The summed E-state index contributed by atoms with van der Waals surface area (Å²) in [5, 5.41) is 7.24. The van der Waals surface area contributed by atoms with Crippen LogP contribution in [0.3, 0.4) is 0 Å². The van der Waals surface area contributed by atoms with E-state index in [4.69, 9.17) is 8.94 Å². The maximum absolute atomic E-state index is 13.3. The molecule has 3 aromatic rings. The summed E-state index contributed by atoms with van der Waals surface area (Å²) in [7, 11) is 0. The number of furan rings is 1.